The first-order valence-corrected chi connectivity index (χ1v) is 11.1. The molecule has 33 heavy (non-hydrogen) atoms. The monoisotopic (exact) mass is 468 g/mol. The fraction of sp³-hybridized carbons (Fsp3) is 0.333. The highest BCUT2D eigenvalue weighted by atomic mass is 35.5. The van der Waals surface area contributed by atoms with Gasteiger partial charge < -0.3 is 24.4 Å². The number of benzene rings is 3. The molecule has 1 aliphatic rings. The SMILES string of the molecule is COc1cc(-c2cccc(CN(c3ccccc3)C3CCNCC3)c2)cc(OC)c1OC.Cl. The van der Waals surface area contributed by atoms with Gasteiger partial charge in [0.25, 0.3) is 0 Å². The Morgan fingerprint density at radius 3 is 2.06 bits per heavy atom. The Labute approximate surface area is 203 Å². The average molecular weight is 469 g/mol. The van der Waals surface area contributed by atoms with Gasteiger partial charge in [-0.3, -0.25) is 0 Å². The van der Waals surface area contributed by atoms with Gasteiger partial charge in [-0.15, -0.1) is 12.4 Å². The van der Waals surface area contributed by atoms with Crippen molar-refractivity contribution in [2.75, 3.05) is 39.3 Å². The van der Waals surface area contributed by atoms with Gasteiger partial charge in [-0.05, 0) is 73.0 Å². The molecule has 5 nitrogen and oxygen atoms in total. The molecular weight excluding hydrogens is 436 g/mol. The topological polar surface area (TPSA) is 43.0 Å². The lowest BCUT2D eigenvalue weighted by Crippen LogP contribution is -2.43. The van der Waals surface area contributed by atoms with E-state index in [4.69, 9.17) is 14.2 Å². The van der Waals surface area contributed by atoms with Crippen LogP contribution < -0.4 is 24.4 Å². The molecule has 1 N–H and O–H groups in total. The third-order valence-electron chi connectivity index (χ3n) is 6.12. The van der Waals surface area contributed by atoms with Gasteiger partial charge in [0.05, 0.1) is 21.3 Å². The Morgan fingerprint density at radius 1 is 0.788 bits per heavy atom. The van der Waals surface area contributed by atoms with E-state index < -0.39 is 0 Å². The highest BCUT2D eigenvalue weighted by Gasteiger charge is 2.22. The van der Waals surface area contributed by atoms with E-state index in [-0.39, 0.29) is 12.4 Å². The molecule has 3 aromatic carbocycles. The molecule has 0 unspecified atom stereocenters. The number of methoxy groups -OCH3 is 3. The third-order valence-corrected chi connectivity index (χ3v) is 6.12. The molecule has 6 heteroatoms. The first-order valence-electron chi connectivity index (χ1n) is 11.1. The number of nitrogens with zero attached hydrogens (tertiary/aromatic N) is 1. The lowest BCUT2D eigenvalue weighted by atomic mass is 9.99. The molecule has 0 aliphatic carbocycles. The van der Waals surface area contributed by atoms with E-state index in [0.29, 0.717) is 23.3 Å². The Bertz CT molecular complexity index is 998. The molecule has 4 rings (SSSR count). The van der Waals surface area contributed by atoms with E-state index in [1.165, 1.54) is 11.3 Å². The second-order valence-corrected chi connectivity index (χ2v) is 8.06. The normalized spacial score (nSPS) is 13.7. The van der Waals surface area contributed by atoms with Crippen molar-refractivity contribution < 1.29 is 14.2 Å². The van der Waals surface area contributed by atoms with Gasteiger partial charge in [0.2, 0.25) is 5.75 Å². The lowest BCUT2D eigenvalue weighted by molar-refractivity contribution is 0.324. The summed E-state index contributed by atoms with van der Waals surface area (Å²) in [7, 11) is 4.92. The maximum Gasteiger partial charge on any atom is 0.203 e. The quantitative estimate of drug-likeness (QED) is 0.468. The van der Waals surface area contributed by atoms with Crippen LogP contribution in [-0.2, 0) is 6.54 Å². The van der Waals surface area contributed by atoms with Crippen LogP contribution in [0.4, 0.5) is 5.69 Å². The Kier molecular flexibility index (Phi) is 8.87. The zero-order valence-electron chi connectivity index (χ0n) is 19.5. The highest BCUT2D eigenvalue weighted by Crippen LogP contribution is 2.41. The highest BCUT2D eigenvalue weighted by molar-refractivity contribution is 5.85. The van der Waals surface area contributed by atoms with Crippen molar-refractivity contribution in [3.05, 3.63) is 72.3 Å². The van der Waals surface area contributed by atoms with Gasteiger partial charge in [0, 0.05) is 18.3 Å². The van der Waals surface area contributed by atoms with Crippen LogP contribution in [0, 0.1) is 0 Å². The summed E-state index contributed by atoms with van der Waals surface area (Å²) in [6.45, 7) is 3.01. The molecule has 1 fully saturated rings. The molecule has 0 aromatic heterocycles. The van der Waals surface area contributed by atoms with Crippen LogP contribution in [0.5, 0.6) is 17.2 Å². The molecule has 1 aliphatic heterocycles. The van der Waals surface area contributed by atoms with Gasteiger partial charge in [0.1, 0.15) is 0 Å². The Morgan fingerprint density at radius 2 is 1.45 bits per heavy atom. The van der Waals surface area contributed by atoms with Crippen LogP contribution in [0.3, 0.4) is 0 Å². The van der Waals surface area contributed by atoms with Crippen LogP contribution in [0.1, 0.15) is 18.4 Å². The lowest BCUT2D eigenvalue weighted by Gasteiger charge is -2.36. The first-order chi connectivity index (χ1) is 15.7. The molecule has 0 radical (unpaired) electrons. The van der Waals surface area contributed by atoms with Crippen molar-refractivity contribution in [2.45, 2.75) is 25.4 Å². The van der Waals surface area contributed by atoms with Gasteiger partial charge in [-0.25, -0.2) is 0 Å². The second kappa shape index (κ2) is 11.8. The van der Waals surface area contributed by atoms with Crippen LogP contribution in [0.2, 0.25) is 0 Å². The molecule has 0 saturated carbocycles. The fourth-order valence-electron chi connectivity index (χ4n) is 4.46. The predicted molar refractivity (Wildman–Crippen MR) is 137 cm³/mol. The van der Waals surface area contributed by atoms with Crippen molar-refractivity contribution in [1.82, 2.24) is 5.32 Å². The van der Waals surface area contributed by atoms with Gasteiger partial charge in [-0.2, -0.15) is 0 Å². The maximum absolute atomic E-state index is 5.55. The molecular formula is C27H33ClN2O3. The minimum absolute atomic E-state index is 0. The number of ether oxygens (including phenoxy) is 3. The molecule has 0 spiro atoms. The summed E-state index contributed by atoms with van der Waals surface area (Å²) in [5.41, 5.74) is 4.71. The molecule has 176 valence electrons. The summed E-state index contributed by atoms with van der Waals surface area (Å²) in [5.74, 6) is 1.93. The van der Waals surface area contributed by atoms with Crippen molar-refractivity contribution in [3.8, 4) is 28.4 Å². The molecule has 1 heterocycles. The van der Waals surface area contributed by atoms with Gasteiger partial charge in [-0.1, -0.05) is 36.4 Å². The van der Waals surface area contributed by atoms with E-state index in [0.717, 1.165) is 43.6 Å². The predicted octanol–water partition coefficient (Wildman–Crippen LogP) is 5.56. The second-order valence-electron chi connectivity index (χ2n) is 8.06. The van der Waals surface area contributed by atoms with E-state index in [1.54, 1.807) is 21.3 Å². The van der Waals surface area contributed by atoms with Crippen LogP contribution in [-0.4, -0.2) is 40.5 Å². The number of halogens is 1. The van der Waals surface area contributed by atoms with Gasteiger partial charge in [0.15, 0.2) is 11.5 Å². The summed E-state index contributed by atoms with van der Waals surface area (Å²) in [5, 5.41) is 3.49. The standard InChI is InChI=1S/C27H32N2O3.ClH/c1-30-25-17-22(18-26(31-2)27(25)32-3)21-9-7-8-20(16-21)19-29(23-10-5-4-6-11-23)24-12-14-28-15-13-24;/h4-11,16-18,24,28H,12-15,19H2,1-3H3;1H. The summed E-state index contributed by atoms with van der Waals surface area (Å²) in [6, 6.07) is 24.0. The maximum atomic E-state index is 5.55. The van der Waals surface area contributed by atoms with Crippen LogP contribution in [0.15, 0.2) is 66.7 Å². The van der Waals surface area contributed by atoms with Crippen LogP contribution >= 0.6 is 12.4 Å². The van der Waals surface area contributed by atoms with E-state index >= 15 is 0 Å². The Hall–Kier alpha value is -2.89. The van der Waals surface area contributed by atoms with Crippen molar-refractivity contribution in [2.24, 2.45) is 0 Å². The number of anilines is 1. The number of nitrogens with one attached hydrogen (secondary N) is 1. The fourth-order valence-corrected chi connectivity index (χ4v) is 4.46. The molecule has 0 atom stereocenters. The zero-order valence-corrected chi connectivity index (χ0v) is 20.4. The number of para-hydroxylation sites is 1. The number of piperidine rings is 1. The van der Waals surface area contributed by atoms with E-state index in [9.17, 15) is 0 Å². The molecule has 3 aromatic rings. The third kappa shape index (κ3) is 5.73. The van der Waals surface area contributed by atoms with Crippen molar-refractivity contribution in [3.63, 3.8) is 0 Å². The summed E-state index contributed by atoms with van der Waals surface area (Å²) < 4.78 is 16.6. The van der Waals surface area contributed by atoms with E-state index in [1.807, 2.05) is 12.1 Å². The summed E-state index contributed by atoms with van der Waals surface area (Å²) in [6.07, 6.45) is 2.31. The number of hydrogen-bond acceptors (Lipinski definition) is 5. The van der Waals surface area contributed by atoms with Crippen molar-refractivity contribution in [1.29, 1.82) is 0 Å². The zero-order chi connectivity index (χ0) is 22.3. The summed E-state index contributed by atoms with van der Waals surface area (Å²) in [4.78, 5) is 2.55. The molecule has 0 amide bonds. The largest absolute Gasteiger partial charge is 0.493 e. The minimum atomic E-state index is 0. The first kappa shape index (κ1) is 24.7. The van der Waals surface area contributed by atoms with Crippen LogP contribution in [0.25, 0.3) is 11.1 Å². The Balaban J connectivity index is 0.00000306. The smallest absolute Gasteiger partial charge is 0.203 e. The minimum Gasteiger partial charge on any atom is -0.493 e. The van der Waals surface area contributed by atoms with E-state index in [2.05, 4.69) is 64.8 Å². The van der Waals surface area contributed by atoms with Gasteiger partial charge >= 0.3 is 0 Å². The van der Waals surface area contributed by atoms with Crippen molar-refractivity contribution >= 4 is 18.1 Å². The average Bonchev–Trinajstić information content (AvgIpc) is 2.87. The molecule has 1 saturated heterocycles. The number of rotatable bonds is 8. The summed E-state index contributed by atoms with van der Waals surface area (Å²) >= 11 is 0. The number of hydrogen-bond donors (Lipinski definition) is 1. The molecule has 0 bridgehead atoms.